The van der Waals surface area contributed by atoms with E-state index in [9.17, 15) is 19.2 Å². The van der Waals surface area contributed by atoms with Gasteiger partial charge in [0.15, 0.2) is 11.6 Å². The van der Waals surface area contributed by atoms with Crippen LogP contribution in [0, 0.1) is 0 Å². The van der Waals surface area contributed by atoms with Crippen molar-refractivity contribution in [3.63, 3.8) is 0 Å². The van der Waals surface area contributed by atoms with Gasteiger partial charge in [-0.25, -0.2) is 19.9 Å². The number of nitrogens with zero attached hydrogens (tertiary/aromatic N) is 6. The first-order valence-corrected chi connectivity index (χ1v) is 22.2. The Balaban J connectivity index is 0.000000166. The summed E-state index contributed by atoms with van der Waals surface area (Å²) >= 11 is 0. The average molecular weight is 881 g/mol. The summed E-state index contributed by atoms with van der Waals surface area (Å²) in [5.74, 6) is 2.45. The zero-order valence-corrected chi connectivity index (χ0v) is 36.6. The topological polar surface area (TPSA) is 176 Å². The van der Waals surface area contributed by atoms with Crippen LogP contribution in [0.3, 0.4) is 0 Å². The number of ether oxygens (including phenoxy) is 2. The van der Waals surface area contributed by atoms with E-state index in [1.807, 2.05) is 82.6 Å². The molecular formula is C52H48N8O6. The predicted octanol–water partition coefficient (Wildman–Crippen LogP) is 10.1. The summed E-state index contributed by atoms with van der Waals surface area (Å²) < 4.78 is 12.2. The van der Waals surface area contributed by atoms with Gasteiger partial charge < -0.3 is 29.2 Å². The number of carbonyl (C=O) groups is 4. The molecule has 2 atom stereocenters. The van der Waals surface area contributed by atoms with Gasteiger partial charge in [-0.1, -0.05) is 36.4 Å². The molecule has 14 nitrogen and oxygen atoms in total. The number of ketones is 2. The fourth-order valence-electron chi connectivity index (χ4n) is 8.71. The Bertz CT molecular complexity index is 2760. The van der Waals surface area contributed by atoms with E-state index in [1.165, 1.54) is 0 Å². The standard InChI is InChI=1S/2C26H24N4O3/c2*1-17(31)30-16-5-4-10-23(30)20-7-6-15-27-26(20)33-19-13-11-18(12-14-19)24(32)25-28-21-8-2-3-9-22(21)29-25/h2*2-3,6-9,11-15,23H,4-5,10,16H2,1H3,(H,28,29). The Labute approximate surface area is 381 Å². The minimum absolute atomic E-state index is 0.0473. The number of imidazole rings is 2. The van der Waals surface area contributed by atoms with Crippen LogP contribution in [0.2, 0.25) is 0 Å². The van der Waals surface area contributed by atoms with Gasteiger partial charge in [0.1, 0.15) is 11.5 Å². The highest BCUT2D eigenvalue weighted by Crippen LogP contribution is 2.38. The number of carbonyl (C=O) groups excluding carboxylic acids is 4. The van der Waals surface area contributed by atoms with Crippen molar-refractivity contribution in [3.8, 4) is 23.3 Å². The van der Waals surface area contributed by atoms with Crippen LogP contribution in [-0.2, 0) is 9.59 Å². The van der Waals surface area contributed by atoms with Crippen LogP contribution in [-0.4, -0.2) is 76.2 Å². The van der Waals surface area contributed by atoms with E-state index in [4.69, 9.17) is 9.47 Å². The second kappa shape index (κ2) is 19.4. The smallest absolute Gasteiger partial charge is 0.228 e. The van der Waals surface area contributed by atoms with Crippen LogP contribution in [0.15, 0.2) is 134 Å². The van der Waals surface area contributed by atoms with Crippen LogP contribution < -0.4 is 9.47 Å². The van der Waals surface area contributed by atoms with E-state index in [0.717, 1.165) is 84.8 Å². The zero-order valence-electron chi connectivity index (χ0n) is 36.6. The number of fused-ring (bicyclic) bond motifs is 2. The van der Waals surface area contributed by atoms with E-state index in [0.29, 0.717) is 46.0 Å². The molecule has 2 saturated heterocycles. The van der Waals surface area contributed by atoms with Crippen molar-refractivity contribution in [2.45, 2.75) is 64.5 Å². The number of amides is 2. The zero-order chi connectivity index (χ0) is 45.6. The number of aromatic nitrogens is 6. The number of likely N-dealkylation sites (tertiary alicyclic amines) is 2. The SMILES string of the molecule is CC(=O)N1CCCCC1c1cccnc1Oc1ccc(C(=O)c2nc3ccccc3[nH]2)cc1.CC(=O)N1CCCCC1c1cccnc1Oc1ccc(C(=O)c2nc3ccccc3[nH]2)cc1. The van der Waals surface area contributed by atoms with Gasteiger partial charge in [-0.2, -0.15) is 0 Å². The van der Waals surface area contributed by atoms with Crippen LogP contribution in [0.25, 0.3) is 22.1 Å². The third-order valence-corrected chi connectivity index (χ3v) is 12.0. The number of para-hydroxylation sites is 4. The summed E-state index contributed by atoms with van der Waals surface area (Å²) in [6.45, 7) is 4.69. The minimum Gasteiger partial charge on any atom is -0.439 e. The molecule has 10 rings (SSSR count). The first-order chi connectivity index (χ1) is 32.2. The summed E-state index contributed by atoms with van der Waals surface area (Å²) in [5.41, 5.74) is 5.98. The molecule has 2 N–H and O–H groups in total. The van der Waals surface area contributed by atoms with Gasteiger partial charge in [0.2, 0.25) is 35.1 Å². The molecule has 0 radical (unpaired) electrons. The number of nitrogens with one attached hydrogen (secondary N) is 2. The van der Waals surface area contributed by atoms with Crippen molar-refractivity contribution in [1.29, 1.82) is 0 Å². The Morgan fingerprint density at radius 3 is 1.32 bits per heavy atom. The first-order valence-electron chi connectivity index (χ1n) is 22.2. The average Bonchev–Trinajstić information content (AvgIpc) is 4.00. The minimum atomic E-state index is -0.185. The highest BCUT2D eigenvalue weighted by atomic mass is 16.5. The Hall–Kier alpha value is -8.00. The van der Waals surface area contributed by atoms with Crippen LogP contribution >= 0.6 is 0 Å². The summed E-state index contributed by atoms with van der Waals surface area (Å²) in [5, 5.41) is 0. The monoisotopic (exact) mass is 880 g/mol. The van der Waals surface area contributed by atoms with E-state index in [1.54, 1.807) is 74.8 Å². The van der Waals surface area contributed by atoms with Crippen LogP contribution in [0.4, 0.5) is 0 Å². The molecule has 4 aromatic carbocycles. The van der Waals surface area contributed by atoms with Gasteiger partial charge >= 0.3 is 0 Å². The number of benzene rings is 4. The van der Waals surface area contributed by atoms with E-state index in [-0.39, 0.29) is 35.5 Å². The van der Waals surface area contributed by atoms with Crippen molar-refractivity contribution in [2.24, 2.45) is 0 Å². The fourth-order valence-corrected chi connectivity index (χ4v) is 8.71. The maximum Gasteiger partial charge on any atom is 0.228 e. The summed E-state index contributed by atoms with van der Waals surface area (Å²) in [7, 11) is 0. The third kappa shape index (κ3) is 9.43. The van der Waals surface area contributed by atoms with Crippen molar-refractivity contribution in [3.05, 3.63) is 168 Å². The second-order valence-corrected chi connectivity index (χ2v) is 16.4. The molecule has 2 amide bonds. The molecule has 0 spiro atoms. The predicted molar refractivity (Wildman–Crippen MR) is 249 cm³/mol. The Morgan fingerprint density at radius 2 is 0.924 bits per heavy atom. The second-order valence-electron chi connectivity index (χ2n) is 16.4. The summed E-state index contributed by atoms with van der Waals surface area (Å²) in [6.07, 6.45) is 9.25. The lowest BCUT2D eigenvalue weighted by Crippen LogP contribution is -2.37. The van der Waals surface area contributed by atoms with E-state index in [2.05, 4.69) is 29.9 Å². The Kier molecular flexibility index (Phi) is 12.7. The molecule has 2 fully saturated rings. The number of piperidine rings is 2. The molecule has 2 aliphatic rings. The number of hydrogen-bond donors (Lipinski definition) is 2. The number of hydrogen-bond acceptors (Lipinski definition) is 10. The number of aromatic amines is 2. The van der Waals surface area contributed by atoms with Crippen molar-refractivity contribution in [2.75, 3.05) is 13.1 Å². The van der Waals surface area contributed by atoms with E-state index < -0.39 is 0 Å². The summed E-state index contributed by atoms with van der Waals surface area (Å²) in [4.78, 5) is 77.6. The number of rotatable bonds is 10. The van der Waals surface area contributed by atoms with E-state index >= 15 is 0 Å². The molecule has 6 heterocycles. The lowest BCUT2D eigenvalue weighted by molar-refractivity contribution is -0.133. The normalized spacial score (nSPS) is 16.0. The van der Waals surface area contributed by atoms with Gasteiger partial charge in [0, 0.05) is 61.6 Å². The van der Waals surface area contributed by atoms with Crippen molar-refractivity contribution >= 4 is 45.4 Å². The number of pyridine rings is 2. The van der Waals surface area contributed by atoms with Gasteiger partial charge in [0.05, 0.1) is 34.2 Å². The fraction of sp³-hybridized carbons (Fsp3) is 0.231. The van der Waals surface area contributed by atoms with Gasteiger partial charge in [0.25, 0.3) is 0 Å². The molecule has 0 bridgehead atoms. The van der Waals surface area contributed by atoms with Crippen LogP contribution in [0.5, 0.6) is 23.3 Å². The molecule has 4 aromatic heterocycles. The first kappa shape index (κ1) is 43.3. The maximum atomic E-state index is 12.9. The lowest BCUT2D eigenvalue weighted by atomic mass is 9.96. The third-order valence-electron chi connectivity index (χ3n) is 12.0. The highest BCUT2D eigenvalue weighted by molar-refractivity contribution is 6.08. The molecule has 14 heteroatoms. The number of H-pyrrole nitrogens is 2. The Morgan fingerprint density at radius 1 is 0.515 bits per heavy atom. The molecule has 8 aromatic rings. The summed E-state index contributed by atoms with van der Waals surface area (Å²) in [6, 6.07) is 36.5. The van der Waals surface area contributed by atoms with Gasteiger partial charge in [-0.15, -0.1) is 0 Å². The van der Waals surface area contributed by atoms with Crippen molar-refractivity contribution < 1.29 is 28.7 Å². The molecule has 0 saturated carbocycles. The highest BCUT2D eigenvalue weighted by Gasteiger charge is 2.30. The molecule has 2 aliphatic heterocycles. The lowest BCUT2D eigenvalue weighted by Gasteiger charge is -2.35. The molecule has 2 unspecified atom stereocenters. The maximum absolute atomic E-state index is 12.9. The van der Waals surface area contributed by atoms with Gasteiger partial charge in [-0.3, -0.25) is 19.2 Å². The van der Waals surface area contributed by atoms with Crippen LogP contribution in [0.1, 0.15) is 108 Å². The molecule has 0 aliphatic carbocycles. The largest absolute Gasteiger partial charge is 0.439 e. The quantitative estimate of drug-likeness (QED) is 0.126. The van der Waals surface area contributed by atoms with Crippen molar-refractivity contribution in [1.82, 2.24) is 39.7 Å². The van der Waals surface area contributed by atoms with Gasteiger partial charge in [-0.05, 0) is 123 Å². The molecule has 332 valence electrons. The molecule has 66 heavy (non-hydrogen) atoms. The molecular weight excluding hydrogens is 833 g/mol.